The summed E-state index contributed by atoms with van der Waals surface area (Å²) in [6.07, 6.45) is 12.9. The maximum absolute atomic E-state index is 4.95. The molecule has 1 aromatic carbocycles. The van der Waals surface area contributed by atoms with Gasteiger partial charge in [0.05, 0.1) is 12.2 Å². The molecule has 3 heterocycles. The second-order valence-corrected chi connectivity index (χ2v) is 9.26. The highest BCUT2D eigenvalue weighted by Gasteiger charge is 2.18. The Labute approximate surface area is 200 Å². The molecule has 4 aromatic rings. The molecule has 1 fully saturated rings. The standard InChI is InChI=1S/C26H32N8/c1-2-3-13-25-28-24(16-19-9-5-4-6-10-19)31-34(25)18-20-14-15-23(27-17-20)21-11-7-8-12-22(21)26-29-32-33-30-26/h7-8,11-12,14-15,17,19H,2-6,9-10,13,16,18H2,1H3,(H,29,30,32,33). The van der Waals surface area contributed by atoms with E-state index in [9.17, 15) is 0 Å². The predicted octanol–water partition coefficient (Wildman–Crippen LogP) is 5.03. The van der Waals surface area contributed by atoms with E-state index in [0.717, 1.165) is 65.6 Å². The summed E-state index contributed by atoms with van der Waals surface area (Å²) in [6.45, 7) is 2.91. The number of aromatic amines is 1. The van der Waals surface area contributed by atoms with E-state index < -0.39 is 0 Å². The molecule has 0 unspecified atom stereocenters. The number of nitrogens with zero attached hydrogens (tertiary/aromatic N) is 7. The van der Waals surface area contributed by atoms with Gasteiger partial charge in [0, 0.05) is 30.2 Å². The van der Waals surface area contributed by atoms with Crippen LogP contribution in [0.1, 0.15) is 69.1 Å². The molecule has 0 amide bonds. The SMILES string of the molecule is CCCCc1nc(CC2CCCCC2)nn1Cc1ccc(-c2ccccc2-c2nnn[nH]2)nc1. The summed E-state index contributed by atoms with van der Waals surface area (Å²) in [5, 5.41) is 19.2. The highest BCUT2D eigenvalue weighted by Crippen LogP contribution is 2.29. The minimum Gasteiger partial charge on any atom is -0.256 e. The fourth-order valence-electron chi connectivity index (χ4n) is 4.85. The van der Waals surface area contributed by atoms with Crippen LogP contribution in [0.4, 0.5) is 0 Å². The molecule has 1 aliphatic rings. The van der Waals surface area contributed by atoms with Crippen molar-refractivity contribution < 1.29 is 0 Å². The lowest BCUT2D eigenvalue weighted by Crippen LogP contribution is -2.11. The van der Waals surface area contributed by atoms with E-state index in [2.05, 4.69) is 44.4 Å². The molecule has 1 saturated carbocycles. The first-order valence-corrected chi connectivity index (χ1v) is 12.5. The summed E-state index contributed by atoms with van der Waals surface area (Å²) < 4.78 is 2.10. The van der Waals surface area contributed by atoms with Crippen LogP contribution in [0.2, 0.25) is 0 Å². The fourth-order valence-corrected chi connectivity index (χ4v) is 4.85. The molecule has 1 aliphatic carbocycles. The maximum atomic E-state index is 4.95. The van der Waals surface area contributed by atoms with Gasteiger partial charge in [-0.05, 0) is 34.4 Å². The minimum atomic E-state index is 0.634. The lowest BCUT2D eigenvalue weighted by molar-refractivity contribution is 0.351. The van der Waals surface area contributed by atoms with Crippen LogP contribution in [-0.2, 0) is 19.4 Å². The molecule has 0 bridgehead atoms. The molecule has 34 heavy (non-hydrogen) atoms. The van der Waals surface area contributed by atoms with Crippen molar-refractivity contribution in [2.24, 2.45) is 5.92 Å². The summed E-state index contributed by atoms with van der Waals surface area (Å²) in [5.74, 6) is 3.48. The Hall–Kier alpha value is -3.42. The normalized spacial score (nSPS) is 14.5. The molecule has 5 rings (SSSR count). The van der Waals surface area contributed by atoms with Crippen LogP contribution in [0, 0.1) is 5.92 Å². The van der Waals surface area contributed by atoms with Gasteiger partial charge in [-0.25, -0.2) is 14.8 Å². The highest BCUT2D eigenvalue weighted by atomic mass is 15.5. The van der Waals surface area contributed by atoms with E-state index >= 15 is 0 Å². The van der Waals surface area contributed by atoms with E-state index in [-0.39, 0.29) is 0 Å². The molecule has 0 spiro atoms. The smallest absolute Gasteiger partial charge is 0.180 e. The predicted molar refractivity (Wildman–Crippen MR) is 131 cm³/mol. The molecule has 0 radical (unpaired) electrons. The average Bonchev–Trinajstić information content (AvgIpc) is 3.54. The van der Waals surface area contributed by atoms with E-state index in [0.29, 0.717) is 12.4 Å². The van der Waals surface area contributed by atoms with Gasteiger partial charge in [0.1, 0.15) is 5.82 Å². The largest absolute Gasteiger partial charge is 0.256 e. The van der Waals surface area contributed by atoms with Crippen LogP contribution >= 0.6 is 0 Å². The Balaban J connectivity index is 1.34. The molecule has 0 saturated heterocycles. The number of rotatable bonds is 9. The maximum Gasteiger partial charge on any atom is 0.180 e. The third-order valence-corrected chi connectivity index (χ3v) is 6.70. The number of tetrazole rings is 1. The number of pyridine rings is 1. The van der Waals surface area contributed by atoms with Crippen molar-refractivity contribution in [1.82, 2.24) is 40.4 Å². The van der Waals surface area contributed by atoms with Crippen LogP contribution in [0.3, 0.4) is 0 Å². The van der Waals surface area contributed by atoms with E-state index in [1.54, 1.807) is 0 Å². The Bertz CT molecular complexity index is 1170. The number of nitrogens with one attached hydrogen (secondary N) is 1. The lowest BCUT2D eigenvalue weighted by atomic mass is 9.87. The average molecular weight is 457 g/mol. The first-order valence-electron chi connectivity index (χ1n) is 12.5. The van der Waals surface area contributed by atoms with Crippen LogP contribution in [0.25, 0.3) is 22.6 Å². The van der Waals surface area contributed by atoms with Gasteiger partial charge in [-0.15, -0.1) is 5.10 Å². The van der Waals surface area contributed by atoms with E-state index in [4.69, 9.17) is 15.1 Å². The third-order valence-electron chi connectivity index (χ3n) is 6.70. The molecule has 3 aromatic heterocycles. The minimum absolute atomic E-state index is 0.634. The van der Waals surface area contributed by atoms with Crippen molar-refractivity contribution in [3.05, 3.63) is 59.8 Å². The van der Waals surface area contributed by atoms with Crippen molar-refractivity contribution in [2.45, 2.75) is 71.3 Å². The van der Waals surface area contributed by atoms with Crippen LogP contribution in [-0.4, -0.2) is 40.4 Å². The number of benzene rings is 1. The molecule has 8 nitrogen and oxygen atoms in total. The van der Waals surface area contributed by atoms with Crippen LogP contribution in [0.15, 0.2) is 42.6 Å². The van der Waals surface area contributed by atoms with Gasteiger partial charge in [-0.1, -0.05) is 75.8 Å². The second-order valence-electron chi connectivity index (χ2n) is 9.26. The van der Waals surface area contributed by atoms with Crippen molar-refractivity contribution in [1.29, 1.82) is 0 Å². The van der Waals surface area contributed by atoms with Crippen LogP contribution < -0.4 is 0 Å². The number of hydrogen-bond acceptors (Lipinski definition) is 6. The van der Waals surface area contributed by atoms with Crippen molar-refractivity contribution in [3.63, 3.8) is 0 Å². The summed E-state index contributed by atoms with van der Waals surface area (Å²) in [6, 6.07) is 12.2. The Morgan fingerprint density at radius 2 is 1.88 bits per heavy atom. The monoisotopic (exact) mass is 456 g/mol. The van der Waals surface area contributed by atoms with Gasteiger partial charge in [-0.2, -0.15) is 5.10 Å². The number of aryl methyl sites for hydroxylation is 1. The molecular weight excluding hydrogens is 424 g/mol. The van der Waals surface area contributed by atoms with E-state index in [1.807, 2.05) is 30.5 Å². The van der Waals surface area contributed by atoms with Gasteiger partial charge in [0.2, 0.25) is 0 Å². The van der Waals surface area contributed by atoms with Crippen molar-refractivity contribution >= 4 is 0 Å². The van der Waals surface area contributed by atoms with Gasteiger partial charge in [0.25, 0.3) is 0 Å². The molecule has 0 atom stereocenters. The zero-order chi connectivity index (χ0) is 23.2. The van der Waals surface area contributed by atoms with Gasteiger partial charge in [-0.3, -0.25) is 4.98 Å². The first kappa shape index (κ1) is 22.4. The van der Waals surface area contributed by atoms with Gasteiger partial charge < -0.3 is 0 Å². The molecule has 8 heteroatoms. The van der Waals surface area contributed by atoms with E-state index in [1.165, 1.54) is 32.1 Å². The molecular formula is C26H32N8. The molecule has 176 valence electrons. The number of unbranched alkanes of at least 4 members (excludes halogenated alkanes) is 1. The zero-order valence-electron chi connectivity index (χ0n) is 19.8. The Morgan fingerprint density at radius 3 is 2.62 bits per heavy atom. The van der Waals surface area contributed by atoms with Gasteiger partial charge in [0.15, 0.2) is 11.6 Å². The Kier molecular flexibility index (Phi) is 7.02. The van der Waals surface area contributed by atoms with Gasteiger partial charge >= 0.3 is 0 Å². The number of aromatic nitrogens is 8. The number of H-pyrrole nitrogens is 1. The topological polar surface area (TPSA) is 98.1 Å². The molecule has 0 aliphatic heterocycles. The van der Waals surface area contributed by atoms with Crippen molar-refractivity contribution in [2.75, 3.05) is 0 Å². The van der Waals surface area contributed by atoms with Crippen LogP contribution in [0.5, 0.6) is 0 Å². The fraction of sp³-hybridized carbons (Fsp3) is 0.462. The zero-order valence-corrected chi connectivity index (χ0v) is 19.8. The Morgan fingerprint density at radius 1 is 1.03 bits per heavy atom. The molecule has 1 N–H and O–H groups in total. The summed E-state index contributed by atoms with van der Waals surface area (Å²) in [7, 11) is 0. The third kappa shape index (κ3) is 5.21. The van der Waals surface area contributed by atoms with Crippen molar-refractivity contribution in [3.8, 4) is 22.6 Å². The quantitative estimate of drug-likeness (QED) is 0.379. The number of hydrogen-bond donors (Lipinski definition) is 1. The summed E-state index contributed by atoms with van der Waals surface area (Å²) in [5.41, 5.74) is 3.93. The highest BCUT2D eigenvalue weighted by molar-refractivity contribution is 5.78. The first-order chi connectivity index (χ1) is 16.8. The summed E-state index contributed by atoms with van der Waals surface area (Å²) >= 11 is 0. The lowest BCUT2D eigenvalue weighted by Gasteiger charge is -2.19. The summed E-state index contributed by atoms with van der Waals surface area (Å²) in [4.78, 5) is 9.72. The second kappa shape index (κ2) is 10.7.